The summed E-state index contributed by atoms with van der Waals surface area (Å²) in [5.74, 6) is -1.71. The van der Waals surface area contributed by atoms with Gasteiger partial charge in [-0.2, -0.15) is 0 Å². The number of hydrogen-bond acceptors (Lipinski definition) is 7. The largest absolute Gasteiger partial charge is 0.544 e. The number of carbonyl (C=O) groups excluding carboxylic acids is 3. The summed E-state index contributed by atoms with van der Waals surface area (Å²) in [6.45, 7) is 4.73. The van der Waals surface area contributed by atoms with Crippen molar-refractivity contribution in [3.8, 4) is 0 Å². The van der Waals surface area contributed by atoms with Gasteiger partial charge < -0.3 is 28.6 Å². The van der Waals surface area contributed by atoms with E-state index in [1.54, 1.807) is 0 Å². The summed E-state index contributed by atoms with van der Waals surface area (Å²) in [7, 11) is 5.44. The highest BCUT2D eigenvalue weighted by Gasteiger charge is 2.25. The fraction of sp³-hybridized carbons (Fsp3) is 0.915. The molecular formula is C59H113NO7. The van der Waals surface area contributed by atoms with E-state index in [9.17, 15) is 19.5 Å². The van der Waals surface area contributed by atoms with E-state index in [1.165, 1.54) is 225 Å². The number of carboxylic acid groups (broad SMARTS) is 1. The summed E-state index contributed by atoms with van der Waals surface area (Å²) in [5.41, 5.74) is 0. The molecule has 0 N–H and O–H groups in total. The molecular weight excluding hydrogens is 835 g/mol. The molecule has 0 bridgehead atoms. The molecule has 396 valence electrons. The Kier molecular flexibility index (Phi) is 49.0. The summed E-state index contributed by atoms with van der Waals surface area (Å²) in [5, 5.41) is 11.7. The minimum absolute atomic E-state index is 0.0461. The average molecular weight is 949 g/mol. The van der Waals surface area contributed by atoms with Crippen molar-refractivity contribution in [1.82, 2.24) is 0 Å². The Morgan fingerprint density at radius 2 is 0.746 bits per heavy atom. The van der Waals surface area contributed by atoms with Crippen LogP contribution < -0.4 is 5.11 Å². The van der Waals surface area contributed by atoms with Crippen LogP contribution in [0.15, 0.2) is 12.2 Å². The van der Waals surface area contributed by atoms with E-state index in [-0.39, 0.29) is 42.7 Å². The van der Waals surface area contributed by atoms with Crippen molar-refractivity contribution >= 4 is 17.9 Å². The number of allylic oxidation sites excluding steroid dienone is 2. The molecule has 0 aromatic rings. The van der Waals surface area contributed by atoms with Crippen LogP contribution in [0.4, 0.5) is 0 Å². The number of carbonyl (C=O) groups is 3. The third-order valence-electron chi connectivity index (χ3n) is 13.7. The number of nitrogens with zero attached hydrogens (tertiary/aromatic N) is 1. The van der Waals surface area contributed by atoms with Crippen molar-refractivity contribution in [3.63, 3.8) is 0 Å². The number of esters is 2. The van der Waals surface area contributed by atoms with Gasteiger partial charge in [0, 0.05) is 19.3 Å². The van der Waals surface area contributed by atoms with Gasteiger partial charge in [-0.3, -0.25) is 9.59 Å². The first kappa shape index (κ1) is 65.1. The maximum atomic E-state index is 12.8. The monoisotopic (exact) mass is 948 g/mol. The van der Waals surface area contributed by atoms with Gasteiger partial charge in [-0.1, -0.05) is 251 Å². The lowest BCUT2D eigenvalue weighted by Crippen LogP contribution is -2.55. The van der Waals surface area contributed by atoms with Gasteiger partial charge in [0.2, 0.25) is 0 Å². The Bertz CT molecular complexity index is 1100. The number of hydrogen-bond donors (Lipinski definition) is 0. The number of unbranched alkanes of at least 4 members (excludes halogenated alkanes) is 38. The van der Waals surface area contributed by atoms with E-state index in [0.717, 1.165) is 38.5 Å². The highest BCUT2D eigenvalue weighted by atomic mass is 16.6. The zero-order chi connectivity index (χ0) is 49.2. The van der Waals surface area contributed by atoms with Crippen LogP contribution in [-0.4, -0.2) is 75.5 Å². The van der Waals surface area contributed by atoms with Crippen molar-refractivity contribution in [2.75, 3.05) is 41.0 Å². The molecule has 0 saturated carbocycles. The number of carboxylic acids is 1. The minimum Gasteiger partial charge on any atom is -0.544 e. The second kappa shape index (κ2) is 50.5. The van der Waals surface area contributed by atoms with Crippen LogP contribution in [0.3, 0.4) is 0 Å². The van der Waals surface area contributed by atoms with Crippen molar-refractivity contribution in [3.05, 3.63) is 12.2 Å². The molecule has 2 unspecified atom stereocenters. The summed E-state index contributed by atoms with van der Waals surface area (Å²) in [6.07, 6.45) is 58.3. The molecule has 8 heteroatoms. The Morgan fingerprint density at radius 3 is 1.07 bits per heavy atom. The predicted octanol–water partition coefficient (Wildman–Crippen LogP) is 16.0. The molecule has 0 spiro atoms. The maximum absolute atomic E-state index is 12.8. The van der Waals surface area contributed by atoms with E-state index in [2.05, 4.69) is 26.0 Å². The SMILES string of the molecule is CCCCCCCCCCCCC/C=C/CCCCCCCCCC(=O)OCC(COCCC(C(=O)[O-])[N+](C)(C)C)OC(=O)CCCCCCCCCCCCCCCCCCCCCCC. The van der Waals surface area contributed by atoms with E-state index in [1.807, 2.05) is 21.1 Å². The zero-order valence-corrected chi connectivity index (χ0v) is 45.3. The standard InChI is InChI=1S/C59H113NO7/c1-6-8-10-12-14-16-18-20-22-24-26-28-30-31-33-35-37-39-41-43-45-47-49-57(61)66-54-55(53-65-52-51-56(59(63)64)60(3,4)5)67-58(62)50-48-46-44-42-40-38-36-34-32-29-27-25-23-21-19-17-15-13-11-9-7-2/h30-31,55-56H,6-29,32-54H2,1-5H3/b31-30+. The first-order chi connectivity index (χ1) is 32.6. The van der Waals surface area contributed by atoms with Crippen LogP contribution in [0.25, 0.3) is 0 Å². The van der Waals surface area contributed by atoms with Gasteiger partial charge in [0.1, 0.15) is 12.6 Å². The number of aliphatic carboxylic acids is 1. The Hall–Kier alpha value is -1.93. The molecule has 0 aromatic heterocycles. The first-order valence-corrected chi connectivity index (χ1v) is 29.2. The molecule has 0 rings (SSSR count). The molecule has 0 aliphatic heterocycles. The molecule has 0 aromatic carbocycles. The highest BCUT2D eigenvalue weighted by Crippen LogP contribution is 2.17. The molecule has 0 saturated heterocycles. The number of ether oxygens (including phenoxy) is 3. The normalized spacial score (nSPS) is 12.8. The molecule has 0 amide bonds. The van der Waals surface area contributed by atoms with Gasteiger partial charge in [0.15, 0.2) is 6.10 Å². The predicted molar refractivity (Wildman–Crippen MR) is 282 cm³/mol. The average Bonchev–Trinajstić information content (AvgIpc) is 3.29. The fourth-order valence-electron chi connectivity index (χ4n) is 9.13. The van der Waals surface area contributed by atoms with E-state index < -0.39 is 18.1 Å². The lowest BCUT2D eigenvalue weighted by molar-refractivity contribution is -0.889. The van der Waals surface area contributed by atoms with E-state index in [0.29, 0.717) is 12.8 Å². The quantitative estimate of drug-likeness (QED) is 0.0259. The molecule has 0 fully saturated rings. The number of likely N-dealkylation sites (N-methyl/N-ethyl adjacent to an activating group) is 1. The fourth-order valence-corrected chi connectivity index (χ4v) is 9.13. The molecule has 2 atom stereocenters. The van der Waals surface area contributed by atoms with Crippen LogP contribution >= 0.6 is 0 Å². The van der Waals surface area contributed by atoms with Crippen LogP contribution in [0, 0.1) is 0 Å². The number of quaternary nitrogens is 1. The van der Waals surface area contributed by atoms with Gasteiger partial charge in [-0.15, -0.1) is 0 Å². The van der Waals surface area contributed by atoms with Gasteiger partial charge >= 0.3 is 11.9 Å². The summed E-state index contributed by atoms with van der Waals surface area (Å²) < 4.78 is 17.3. The molecule has 0 aliphatic rings. The van der Waals surface area contributed by atoms with Crippen molar-refractivity contribution in [2.24, 2.45) is 0 Å². The maximum Gasteiger partial charge on any atom is 0.306 e. The first-order valence-electron chi connectivity index (χ1n) is 29.2. The van der Waals surface area contributed by atoms with Gasteiger partial charge in [0.05, 0.1) is 40.3 Å². The van der Waals surface area contributed by atoms with Gasteiger partial charge in [-0.05, 0) is 38.5 Å². The number of rotatable bonds is 54. The second-order valence-corrected chi connectivity index (χ2v) is 21.2. The van der Waals surface area contributed by atoms with Crippen molar-refractivity contribution in [1.29, 1.82) is 0 Å². The molecule has 8 nitrogen and oxygen atoms in total. The van der Waals surface area contributed by atoms with Crippen LogP contribution in [0.2, 0.25) is 0 Å². The highest BCUT2D eigenvalue weighted by molar-refractivity contribution is 5.70. The van der Waals surface area contributed by atoms with Crippen molar-refractivity contribution in [2.45, 2.75) is 309 Å². The summed E-state index contributed by atoms with van der Waals surface area (Å²) in [4.78, 5) is 37.2. The molecule has 0 aliphatic carbocycles. The van der Waals surface area contributed by atoms with E-state index >= 15 is 0 Å². The molecule has 0 heterocycles. The molecule has 67 heavy (non-hydrogen) atoms. The van der Waals surface area contributed by atoms with Crippen LogP contribution in [0.1, 0.15) is 296 Å². The second-order valence-electron chi connectivity index (χ2n) is 21.2. The summed E-state index contributed by atoms with van der Waals surface area (Å²) >= 11 is 0. The Morgan fingerprint density at radius 1 is 0.433 bits per heavy atom. The third-order valence-corrected chi connectivity index (χ3v) is 13.7. The van der Waals surface area contributed by atoms with Crippen molar-refractivity contribution < 1.29 is 38.2 Å². The smallest absolute Gasteiger partial charge is 0.306 e. The van der Waals surface area contributed by atoms with Crippen LogP contribution in [0.5, 0.6) is 0 Å². The zero-order valence-electron chi connectivity index (χ0n) is 45.3. The topological polar surface area (TPSA) is 102 Å². The summed E-state index contributed by atoms with van der Waals surface area (Å²) in [6, 6.07) is -0.723. The molecule has 0 radical (unpaired) electrons. The minimum atomic E-state index is -1.12. The van der Waals surface area contributed by atoms with Gasteiger partial charge in [-0.25, -0.2) is 0 Å². The van der Waals surface area contributed by atoms with Gasteiger partial charge in [0.25, 0.3) is 0 Å². The van der Waals surface area contributed by atoms with E-state index in [4.69, 9.17) is 14.2 Å². The Balaban J connectivity index is 4.13. The lowest BCUT2D eigenvalue weighted by Gasteiger charge is -2.34. The van der Waals surface area contributed by atoms with Crippen LogP contribution in [-0.2, 0) is 28.6 Å². The third kappa shape index (κ3) is 48.9. The lowest BCUT2D eigenvalue weighted by atomic mass is 10.0. The Labute approximate surface area is 416 Å².